The lowest BCUT2D eigenvalue weighted by Gasteiger charge is -2.48. The largest absolute Gasteiger partial charge is 0.388 e. The Kier molecular flexibility index (Phi) is 5.59. The smallest absolute Gasteiger partial charge is 0.233 e. The molecule has 0 radical (unpaired) electrons. The van der Waals surface area contributed by atoms with Crippen LogP contribution in [0.25, 0.3) is 0 Å². The SMILES string of the molecule is O=C1C(CC[C@@H](O)c2ccc(F)cc2)C(c2ccc(F)cc2)N1c1ccc(F)cc1. The van der Waals surface area contributed by atoms with Crippen molar-refractivity contribution in [2.24, 2.45) is 5.92 Å². The van der Waals surface area contributed by atoms with E-state index in [2.05, 4.69) is 0 Å². The van der Waals surface area contributed by atoms with Crippen LogP contribution in [0.1, 0.15) is 36.1 Å². The number of anilines is 1. The van der Waals surface area contributed by atoms with Crippen LogP contribution in [-0.4, -0.2) is 11.0 Å². The third-order valence-corrected chi connectivity index (χ3v) is 5.54. The maximum atomic E-state index is 13.4. The number of carbonyl (C=O) groups is 1. The molecule has 6 heteroatoms. The lowest BCUT2D eigenvalue weighted by Crippen LogP contribution is -2.55. The van der Waals surface area contributed by atoms with Crippen molar-refractivity contribution >= 4 is 11.6 Å². The van der Waals surface area contributed by atoms with Crippen molar-refractivity contribution in [3.05, 3.63) is 101 Å². The number of hydrogen-bond donors (Lipinski definition) is 1. The van der Waals surface area contributed by atoms with Gasteiger partial charge in [-0.15, -0.1) is 0 Å². The van der Waals surface area contributed by atoms with Gasteiger partial charge < -0.3 is 10.0 Å². The molecule has 1 amide bonds. The maximum Gasteiger partial charge on any atom is 0.233 e. The molecule has 4 rings (SSSR count). The highest BCUT2D eigenvalue weighted by molar-refractivity contribution is 6.03. The molecule has 1 fully saturated rings. The number of aliphatic hydroxyl groups excluding tert-OH is 1. The fraction of sp³-hybridized carbons (Fsp3) is 0.208. The zero-order chi connectivity index (χ0) is 21.3. The van der Waals surface area contributed by atoms with E-state index in [0.717, 1.165) is 5.56 Å². The summed E-state index contributed by atoms with van der Waals surface area (Å²) >= 11 is 0. The van der Waals surface area contributed by atoms with Crippen LogP contribution in [-0.2, 0) is 4.79 Å². The van der Waals surface area contributed by atoms with Gasteiger partial charge in [0.1, 0.15) is 17.5 Å². The standard InChI is InChI=1S/C24H20F3NO2/c25-17-5-1-15(2-6-17)22(29)14-13-21-23(16-3-7-18(26)8-4-16)28(24(21)30)20-11-9-19(27)10-12-20/h1-12,21-23,29H,13-14H2/t21?,22-,23?/m1/s1. The van der Waals surface area contributed by atoms with Crippen LogP contribution in [0.3, 0.4) is 0 Å². The van der Waals surface area contributed by atoms with Gasteiger partial charge in [-0.1, -0.05) is 24.3 Å². The van der Waals surface area contributed by atoms with Crippen LogP contribution in [0.2, 0.25) is 0 Å². The van der Waals surface area contributed by atoms with Crippen molar-refractivity contribution < 1.29 is 23.1 Å². The van der Waals surface area contributed by atoms with Gasteiger partial charge in [0.2, 0.25) is 5.91 Å². The molecule has 0 aliphatic carbocycles. The second-order valence-electron chi connectivity index (χ2n) is 7.43. The highest BCUT2D eigenvalue weighted by atomic mass is 19.1. The van der Waals surface area contributed by atoms with E-state index in [1.807, 2.05) is 0 Å². The summed E-state index contributed by atoms with van der Waals surface area (Å²) in [4.78, 5) is 14.5. The third-order valence-electron chi connectivity index (χ3n) is 5.54. The molecule has 1 aliphatic heterocycles. The summed E-state index contributed by atoms with van der Waals surface area (Å²) in [5.41, 5.74) is 1.91. The molecule has 1 heterocycles. The van der Waals surface area contributed by atoms with Crippen molar-refractivity contribution in [1.29, 1.82) is 0 Å². The molecule has 0 saturated carbocycles. The van der Waals surface area contributed by atoms with Crippen molar-refractivity contribution in [3.63, 3.8) is 0 Å². The Hall–Kier alpha value is -3.12. The minimum Gasteiger partial charge on any atom is -0.388 e. The Morgan fingerprint density at radius 1 is 0.800 bits per heavy atom. The number of halogens is 3. The molecular formula is C24H20F3NO2. The number of hydrogen-bond acceptors (Lipinski definition) is 2. The molecule has 154 valence electrons. The highest BCUT2D eigenvalue weighted by Crippen LogP contribution is 2.46. The second-order valence-corrected chi connectivity index (χ2v) is 7.43. The van der Waals surface area contributed by atoms with Crippen LogP contribution in [0, 0.1) is 23.4 Å². The van der Waals surface area contributed by atoms with Crippen LogP contribution >= 0.6 is 0 Å². The van der Waals surface area contributed by atoms with Gasteiger partial charge in [-0.05, 0) is 72.5 Å². The summed E-state index contributed by atoms with van der Waals surface area (Å²) < 4.78 is 39.8. The van der Waals surface area contributed by atoms with Gasteiger partial charge in [0.15, 0.2) is 0 Å². The van der Waals surface area contributed by atoms with E-state index in [1.165, 1.54) is 60.7 Å². The molecule has 0 aromatic heterocycles. The summed E-state index contributed by atoms with van der Waals surface area (Å²) in [6.07, 6.45) is -0.110. The Bertz CT molecular complexity index is 1020. The molecule has 0 bridgehead atoms. The van der Waals surface area contributed by atoms with Gasteiger partial charge in [-0.25, -0.2) is 13.2 Å². The summed E-state index contributed by atoms with van der Waals surface area (Å²) in [6.45, 7) is 0. The Balaban J connectivity index is 1.55. The molecule has 30 heavy (non-hydrogen) atoms. The number of aliphatic hydroxyl groups is 1. The highest BCUT2D eigenvalue weighted by Gasteiger charge is 2.48. The van der Waals surface area contributed by atoms with E-state index in [-0.39, 0.29) is 23.6 Å². The molecule has 3 aromatic carbocycles. The fourth-order valence-corrected chi connectivity index (χ4v) is 3.95. The van der Waals surface area contributed by atoms with Crippen LogP contribution < -0.4 is 4.90 Å². The predicted molar refractivity (Wildman–Crippen MR) is 107 cm³/mol. The van der Waals surface area contributed by atoms with Crippen LogP contribution in [0.15, 0.2) is 72.8 Å². The normalized spacial score (nSPS) is 19.5. The van der Waals surface area contributed by atoms with Gasteiger partial charge in [0.05, 0.1) is 18.1 Å². The first kappa shape index (κ1) is 20.2. The lowest BCUT2D eigenvalue weighted by molar-refractivity contribution is -0.131. The Labute approximate surface area is 172 Å². The topological polar surface area (TPSA) is 40.5 Å². The fourth-order valence-electron chi connectivity index (χ4n) is 3.95. The van der Waals surface area contributed by atoms with Crippen LogP contribution in [0.5, 0.6) is 0 Å². The lowest BCUT2D eigenvalue weighted by atomic mass is 9.78. The van der Waals surface area contributed by atoms with E-state index in [9.17, 15) is 23.1 Å². The number of nitrogens with zero attached hydrogens (tertiary/aromatic N) is 1. The molecule has 1 N–H and O–H groups in total. The summed E-state index contributed by atoms with van der Waals surface area (Å²) in [7, 11) is 0. The first-order valence-electron chi connectivity index (χ1n) is 9.71. The van der Waals surface area contributed by atoms with E-state index < -0.39 is 17.8 Å². The van der Waals surface area contributed by atoms with Crippen molar-refractivity contribution in [1.82, 2.24) is 0 Å². The first-order chi connectivity index (χ1) is 14.4. The van der Waals surface area contributed by atoms with E-state index in [0.29, 0.717) is 24.1 Å². The van der Waals surface area contributed by atoms with E-state index >= 15 is 0 Å². The molecular weight excluding hydrogens is 391 g/mol. The average molecular weight is 411 g/mol. The van der Waals surface area contributed by atoms with Crippen molar-refractivity contribution in [2.75, 3.05) is 4.90 Å². The predicted octanol–water partition coefficient (Wildman–Crippen LogP) is 5.32. The van der Waals surface area contributed by atoms with E-state index in [4.69, 9.17) is 0 Å². The minimum absolute atomic E-state index is 0.137. The number of amides is 1. The van der Waals surface area contributed by atoms with Crippen molar-refractivity contribution in [3.8, 4) is 0 Å². The molecule has 1 saturated heterocycles. The van der Waals surface area contributed by atoms with Gasteiger partial charge in [0.25, 0.3) is 0 Å². The number of carbonyl (C=O) groups excluding carboxylic acids is 1. The summed E-state index contributed by atoms with van der Waals surface area (Å²) in [5.74, 6) is -1.70. The minimum atomic E-state index is -0.827. The summed E-state index contributed by atoms with van der Waals surface area (Å²) in [6, 6.07) is 16.8. The molecule has 0 spiro atoms. The van der Waals surface area contributed by atoms with Gasteiger partial charge in [-0.3, -0.25) is 4.79 Å². The molecule has 3 atom stereocenters. The second kappa shape index (κ2) is 8.32. The zero-order valence-electron chi connectivity index (χ0n) is 16.0. The molecule has 3 aromatic rings. The molecule has 3 nitrogen and oxygen atoms in total. The van der Waals surface area contributed by atoms with E-state index in [1.54, 1.807) is 17.0 Å². The molecule has 1 aliphatic rings. The number of rotatable bonds is 6. The number of β-lactam (4-membered cyclic amide) rings is 1. The first-order valence-corrected chi connectivity index (χ1v) is 9.71. The van der Waals surface area contributed by atoms with Crippen LogP contribution in [0.4, 0.5) is 18.9 Å². The van der Waals surface area contributed by atoms with Gasteiger partial charge in [0, 0.05) is 5.69 Å². The van der Waals surface area contributed by atoms with Gasteiger partial charge >= 0.3 is 0 Å². The maximum absolute atomic E-state index is 13.4. The average Bonchev–Trinajstić information content (AvgIpc) is 2.74. The third kappa shape index (κ3) is 3.96. The monoisotopic (exact) mass is 411 g/mol. The molecule has 2 unspecified atom stereocenters. The zero-order valence-corrected chi connectivity index (χ0v) is 16.0. The Morgan fingerprint density at radius 3 is 1.87 bits per heavy atom. The van der Waals surface area contributed by atoms with Crippen molar-refractivity contribution in [2.45, 2.75) is 25.0 Å². The Morgan fingerprint density at radius 2 is 1.30 bits per heavy atom. The number of benzene rings is 3. The quantitative estimate of drug-likeness (QED) is 0.558. The summed E-state index contributed by atoms with van der Waals surface area (Å²) in [5, 5.41) is 10.4. The van der Waals surface area contributed by atoms with Gasteiger partial charge in [-0.2, -0.15) is 0 Å².